The zero-order valence-electron chi connectivity index (χ0n) is 12.1. The topological polar surface area (TPSA) is 6.48 Å². The Labute approximate surface area is 131 Å². The van der Waals surface area contributed by atoms with Gasteiger partial charge < -0.3 is 4.90 Å². The van der Waals surface area contributed by atoms with Crippen molar-refractivity contribution in [2.45, 2.75) is 38.8 Å². The highest BCUT2D eigenvalue weighted by molar-refractivity contribution is 6.35. The molecule has 2 fully saturated rings. The number of benzene rings is 1. The van der Waals surface area contributed by atoms with Gasteiger partial charge in [0.05, 0.1) is 10.7 Å². The maximum Gasteiger partial charge on any atom is 0.0640 e. The summed E-state index contributed by atoms with van der Waals surface area (Å²) in [6, 6.07) is 6.99. The Kier molecular flexibility index (Phi) is 4.16. The average molecular weight is 313 g/mol. The zero-order chi connectivity index (χ0) is 14.3. The van der Waals surface area contributed by atoms with E-state index in [2.05, 4.69) is 23.6 Å². The molecule has 2 saturated heterocycles. The van der Waals surface area contributed by atoms with Crippen molar-refractivity contribution < 1.29 is 0 Å². The standard InChI is InChI=1S/C16H22Cl2N2/c1-11(2)16-10-19-7-3-4-13(19)9-20(16)15-8-12(17)5-6-14(15)18/h5-6,8,11,13,16H,3-4,7,9-10H2,1-2H3. The summed E-state index contributed by atoms with van der Waals surface area (Å²) >= 11 is 12.6. The van der Waals surface area contributed by atoms with Crippen LogP contribution < -0.4 is 4.90 Å². The number of halogens is 2. The van der Waals surface area contributed by atoms with Gasteiger partial charge in [0.2, 0.25) is 0 Å². The number of nitrogens with zero attached hydrogens (tertiary/aromatic N) is 2. The first-order valence-electron chi connectivity index (χ1n) is 7.52. The van der Waals surface area contributed by atoms with Crippen molar-refractivity contribution in [1.29, 1.82) is 0 Å². The van der Waals surface area contributed by atoms with Gasteiger partial charge >= 0.3 is 0 Å². The summed E-state index contributed by atoms with van der Waals surface area (Å²) in [5.74, 6) is 0.603. The van der Waals surface area contributed by atoms with Gasteiger partial charge in [-0.05, 0) is 43.5 Å². The van der Waals surface area contributed by atoms with E-state index in [4.69, 9.17) is 23.2 Å². The molecule has 0 N–H and O–H groups in total. The summed E-state index contributed by atoms with van der Waals surface area (Å²) in [4.78, 5) is 5.14. The molecule has 2 nitrogen and oxygen atoms in total. The third-order valence-corrected chi connectivity index (χ3v) is 5.27. The second kappa shape index (κ2) is 5.75. The molecular weight excluding hydrogens is 291 g/mol. The Bertz CT molecular complexity index is 489. The van der Waals surface area contributed by atoms with Crippen molar-refractivity contribution in [3.8, 4) is 0 Å². The second-order valence-corrected chi connectivity index (χ2v) is 7.19. The minimum Gasteiger partial charge on any atom is -0.364 e. The minimum atomic E-state index is 0.514. The van der Waals surface area contributed by atoms with Gasteiger partial charge in [0.25, 0.3) is 0 Å². The second-order valence-electron chi connectivity index (χ2n) is 6.35. The predicted molar refractivity (Wildman–Crippen MR) is 87.0 cm³/mol. The lowest BCUT2D eigenvalue weighted by Gasteiger charge is -2.47. The van der Waals surface area contributed by atoms with Crippen LogP contribution in [0.2, 0.25) is 10.0 Å². The maximum absolute atomic E-state index is 6.43. The van der Waals surface area contributed by atoms with Crippen molar-refractivity contribution in [1.82, 2.24) is 4.90 Å². The van der Waals surface area contributed by atoms with Crippen molar-refractivity contribution >= 4 is 28.9 Å². The molecule has 20 heavy (non-hydrogen) atoms. The van der Waals surface area contributed by atoms with Crippen LogP contribution in [0, 0.1) is 5.92 Å². The fourth-order valence-electron chi connectivity index (χ4n) is 3.60. The molecule has 0 saturated carbocycles. The lowest BCUT2D eigenvalue weighted by Crippen LogP contribution is -2.58. The van der Waals surface area contributed by atoms with Crippen molar-refractivity contribution in [2.24, 2.45) is 5.92 Å². The molecule has 110 valence electrons. The lowest BCUT2D eigenvalue weighted by molar-refractivity contribution is 0.176. The fraction of sp³-hybridized carbons (Fsp3) is 0.625. The highest BCUT2D eigenvalue weighted by Gasteiger charge is 2.38. The summed E-state index contributed by atoms with van der Waals surface area (Å²) < 4.78 is 0. The molecule has 0 aliphatic carbocycles. The van der Waals surface area contributed by atoms with Gasteiger partial charge in [0, 0.05) is 30.2 Å². The number of fused-ring (bicyclic) bond motifs is 1. The molecule has 1 aromatic carbocycles. The molecule has 2 atom stereocenters. The van der Waals surface area contributed by atoms with E-state index in [1.165, 1.54) is 19.4 Å². The normalized spacial score (nSPS) is 27.1. The van der Waals surface area contributed by atoms with Crippen LogP contribution in [0.25, 0.3) is 0 Å². The minimum absolute atomic E-state index is 0.514. The van der Waals surface area contributed by atoms with Crippen LogP contribution in [0.15, 0.2) is 18.2 Å². The number of hydrogen-bond acceptors (Lipinski definition) is 2. The third-order valence-electron chi connectivity index (χ3n) is 4.72. The maximum atomic E-state index is 6.43. The number of rotatable bonds is 2. The van der Waals surface area contributed by atoms with Crippen LogP contribution in [0.1, 0.15) is 26.7 Å². The number of anilines is 1. The van der Waals surface area contributed by atoms with E-state index in [1.807, 2.05) is 18.2 Å². The SMILES string of the molecule is CC(C)C1CN2CCCC2CN1c1cc(Cl)ccc1Cl. The highest BCUT2D eigenvalue weighted by Crippen LogP contribution is 2.36. The van der Waals surface area contributed by atoms with Gasteiger partial charge in [-0.2, -0.15) is 0 Å². The van der Waals surface area contributed by atoms with Crippen molar-refractivity contribution in [3.05, 3.63) is 28.2 Å². The largest absolute Gasteiger partial charge is 0.364 e. The van der Waals surface area contributed by atoms with E-state index >= 15 is 0 Å². The Balaban J connectivity index is 1.93. The zero-order valence-corrected chi connectivity index (χ0v) is 13.7. The average Bonchev–Trinajstić information content (AvgIpc) is 2.87. The molecule has 1 aromatic rings. The van der Waals surface area contributed by atoms with Crippen LogP contribution in [0.4, 0.5) is 5.69 Å². The summed E-state index contributed by atoms with van der Waals surface area (Å²) in [5.41, 5.74) is 1.10. The van der Waals surface area contributed by atoms with Crippen LogP contribution in [-0.4, -0.2) is 36.6 Å². The Hall–Kier alpha value is -0.440. The summed E-state index contributed by atoms with van der Waals surface area (Å²) in [7, 11) is 0. The van der Waals surface area contributed by atoms with E-state index < -0.39 is 0 Å². The van der Waals surface area contributed by atoms with Crippen molar-refractivity contribution in [3.63, 3.8) is 0 Å². The summed E-state index contributed by atoms with van der Waals surface area (Å²) in [5, 5.41) is 1.58. The molecular formula is C16H22Cl2N2. The monoisotopic (exact) mass is 312 g/mol. The molecule has 3 rings (SSSR count). The van der Waals surface area contributed by atoms with E-state index in [0.29, 0.717) is 18.0 Å². The van der Waals surface area contributed by atoms with Crippen molar-refractivity contribution in [2.75, 3.05) is 24.5 Å². The van der Waals surface area contributed by atoms with Crippen LogP contribution in [0.5, 0.6) is 0 Å². The van der Waals surface area contributed by atoms with E-state index in [-0.39, 0.29) is 0 Å². The van der Waals surface area contributed by atoms with Gasteiger partial charge in [-0.3, -0.25) is 4.90 Å². The molecule has 2 unspecified atom stereocenters. The van der Waals surface area contributed by atoms with Crippen LogP contribution >= 0.6 is 23.2 Å². The molecule has 0 aromatic heterocycles. The fourth-order valence-corrected chi connectivity index (χ4v) is 3.99. The van der Waals surface area contributed by atoms with Crippen LogP contribution in [0.3, 0.4) is 0 Å². The quantitative estimate of drug-likeness (QED) is 0.803. The molecule has 2 aliphatic rings. The first-order chi connectivity index (χ1) is 9.56. The third kappa shape index (κ3) is 2.66. The smallest absolute Gasteiger partial charge is 0.0640 e. The molecule has 2 aliphatic heterocycles. The summed E-state index contributed by atoms with van der Waals surface area (Å²) in [6.07, 6.45) is 2.63. The lowest BCUT2D eigenvalue weighted by atomic mass is 9.96. The Morgan fingerprint density at radius 3 is 2.75 bits per heavy atom. The van der Waals surface area contributed by atoms with E-state index in [1.54, 1.807) is 0 Å². The molecule has 0 spiro atoms. The van der Waals surface area contributed by atoms with Crippen LogP contribution in [-0.2, 0) is 0 Å². The van der Waals surface area contributed by atoms with Gasteiger partial charge in [-0.15, -0.1) is 0 Å². The molecule has 0 amide bonds. The molecule has 2 heterocycles. The first kappa shape index (κ1) is 14.5. The highest BCUT2D eigenvalue weighted by atomic mass is 35.5. The molecule has 0 bridgehead atoms. The molecule has 0 radical (unpaired) electrons. The van der Waals surface area contributed by atoms with Gasteiger partial charge in [0.1, 0.15) is 0 Å². The predicted octanol–water partition coefficient (Wildman–Crippen LogP) is 4.30. The number of hydrogen-bond donors (Lipinski definition) is 0. The number of piperazine rings is 1. The van der Waals surface area contributed by atoms with E-state index in [9.17, 15) is 0 Å². The van der Waals surface area contributed by atoms with Gasteiger partial charge in [0.15, 0.2) is 0 Å². The Morgan fingerprint density at radius 2 is 2.00 bits per heavy atom. The van der Waals surface area contributed by atoms with Gasteiger partial charge in [-0.1, -0.05) is 37.0 Å². The van der Waals surface area contributed by atoms with E-state index in [0.717, 1.165) is 28.8 Å². The molecule has 4 heteroatoms. The van der Waals surface area contributed by atoms with Gasteiger partial charge in [-0.25, -0.2) is 0 Å². The Morgan fingerprint density at radius 1 is 1.20 bits per heavy atom. The summed E-state index contributed by atoms with van der Waals surface area (Å²) in [6.45, 7) is 8.07. The first-order valence-corrected chi connectivity index (χ1v) is 8.27.